The predicted octanol–water partition coefficient (Wildman–Crippen LogP) is 9.32. The zero-order valence-corrected chi connectivity index (χ0v) is 31.7. The smallest absolute Gasteiger partial charge is 0.691 e. The minimum atomic E-state index is -2.40. The van der Waals surface area contributed by atoms with Crippen molar-refractivity contribution < 1.29 is 37.6 Å². The first-order valence-electron chi connectivity index (χ1n) is 12.9. The van der Waals surface area contributed by atoms with Crippen LogP contribution in [0, 0.1) is 23.7 Å². The van der Waals surface area contributed by atoms with Crippen molar-refractivity contribution in [3.8, 4) is 0 Å². The van der Waals surface area contributed by atoms with E-state index >= 15 is 0 Å². The molecule has 35 heavy (non-hydrogen) atoms. The van der Waals surface area contributed by atoms with Gasteiger partial charge < -0.3 is 42.6 Å². The van der Waals surface area contributed by atoms with E-state index in [1.165, 1.54) is 38.5 Å². The normalized spacial score (nSPS) is 15.0. The molecule has 0 fully saturated rings. The van der Waals surface area contributed by atoms with Crippen molar-refractivity contribution >= 4 is 59.5 Å². The van der Waals surface area contributed by atoms with E-state index in [1.807, 2.05) is 0 Å². The van der Waals surface area contributed by atoms with Gasteiger partial charge in [-0.25, -0.2) is 0 Å². The summed E-state index contributed by atoms with van der Waals surface area (Å²) in [5, 5.41) is 0. The fraction of sp³-hybridized carbons (Fsp3) is 1.00. The van der Waals surface area contributed by atoms with Crippen LogP contribution < -0.4 is 0 Å². The second-order valence-electron chi connectivity index (χ2n) is 10.4. The summed E-state index contributed by atoms with van der Waals surface area (Å²) in [6, 6.07) is 0. The summed E-state index contributed by atoms with van der Waals surface area (Å²) in [4.78, 5) is 0. The molecule has 11 heteroatoms. The van der Waals surface area contributed by atoms with Crippen molar-refractivity contribution in [1.82, 2.24) is 0 Å². The van der Waals surface area contributed by atoms with Crippen LogP contribution in [0.2, 0.25) is 0 Å². The Morgan fingerprint density at radius 3 is 1.09 bits per heavy atom. The van der Waals surface area contributed by atoms with Crippen LogP contribution in [0.5, 0.6) is 0 Å². The molecule has 0 aliphatic heterocycles. The summed E-state index contributed by atoms with van der Waals surface area (Å²) < 4.78 is 21.9. The first-order valence-corrected chi connectivity index (χ1v) is 20.2. The Bertz CT molecular complexity index is 520. The Morgan fingerprint density at radius 2 is 0.829 bits per heavy atom. The van der Waals surface area contributed by atoms with E-state index in [-0.39, 0.29) is 19.5 Å². The van der Waals surface area contributed by atoms with Gasteiger partial charge in [0.1, 0.15) is 0 Å². The van der Waals surface area contributed by atoms with Crippen molar-refractivity contribution in [1.29, 1.82) is 0 Å². The molecular formula is C24H52O4P2S4Zn. The van der Waals surface area contributed by atoms with Crippen LogP contribution in [0.15, 0.2) is 0 Å². The molecule has 0 aromatic carbocycles. The average molecular weight is 660 g/mol. The molecule has 0 bridgehead atoms. The standard InChI is InChI=1S/2C12H27O2PS2.Zn/c2*1-11(2)8-6-5-7-9-13-15(16,17)14-10-12(3)4;/h2*11-12H,5-10H2,1-4H3,(H,16,17);/q;;+2/p-2. The zero-order valence-electron chi connectivity index (χ0n) is 23.7. The molecule has 0 aliphatic rings. The Morgan fingerprint density at radius 1 is 0.514 bits per heavy atom. The second-order valence-corrected chi connectivity index (χ2v) is 20.4. The molecule has 208 valence electrons. The summed E-state index contributed by atoms with van der Waals surface area (Å²) in [5.74, 6) is 2.48. The summed E-state index contributed by atoms with van der Waals surface area (Å²) in [7, 11) is 0. The topological polar surface area (TPSA) is 36.9 Å². The molecular weight excluding hydrogens is 608 g/mol. The van der Waals surface area contributed by atoms with Gasteiger partial charge in [0.15, 0.2) is 0 Å². The van der Waals surface area contributed by atoms with Crippen LogP contribution in [0.4, 0.5) is 0 Å². The Labute approximate surface area is 252 Å². The molecule has 0 N–H and O–H groups in total. The molecule has 0 rings (SSSR count). The van der Waals surface area contributed by atoms with Crippen LogP contribution in [0.3, 0.4) is 0 Å². The maximum absolute atomic E-state index is 5.51. The second kappa shape index (κ2) is 25.4. The molecule has 0 spiro atoms. The van der Waals surface area contributed by atoms with Gasteiger partial charge in [0.2, 0.25) is 0 Å². The van der Waals surface area contributed by atoms with Gasteiger partial charge in [-0.05, 0) is 36.5 Å². The van der Waals surface area contributed by atoms with Crippen molar-refractivity contribution in [2.45, 2.75) is 107 Å². The average Bonchev–Trinajstić information content (AvgIpc) is 2.70. The Hall–Kier alpha value is 2.46. The molecule has 4 nitrogen and oxygen atoms in total. The third-order valence-electron chi connectivity index (χ3n) is 4.48. The predicted molar refractivity (Wildman–Crippen MR) is 163 cm³/mol. The quantitative estimate of drug-likeness (QED) is 0.0554. The monoisotopic (exact) mass is 658 g/mol. The van der Waals surface area contributed by atoms with Gasteiger partial charge in [-0.15, -0.1) is 0 Å². The number of rotatable bonds is 20. The Kier molecular flexibility index (Phi) is 30.5. The molecule has 0 aromatic heterocycles. The van der Waals surface area contributed by atoms with Crippen LogP contribution in [0.25, 0.3) is 0 Å². The van der Waals surface area contributed by atoms with E-state index in [2.05, 4.69) is 55.4 Å². The van der Waals surface area contributed by atoms with Gasteiger partial charge in [-0.1, -0.05) is 118 Å². The Balaban J connectivity index is -0.000000569. The number of hydrogen-bond donors (Lipinski definition) is 0. The largest absolute Gasteiger partial charge is 2.00 e. The van der Waals surface area contributed by atoms with Gasteiger partial charge in [0.25, 0.3) is 0 Å². The van der Waals surface area contributed by atoms with Crippen molar-refractivity contribution in [3.63, 3.8) is 0 Å². The van der Waals surface area contributed by atoms with Crippen LogP contribution in [-0.4, -0.2) is 26.4 Å². The van der Waals surface area contributed by atoms with Gasteiger partial charge >= 0.3 is 19.5 Å². The minimum Gasteiger partial charge on any atom is -0.691 e. The molecule has 0 amide bonds. The van der Waals surface area contributed by atoms with Crippen LogP contribution in [-0.2, 0) is 85.7 Å². The van der Waals surface area contributed by atoms with Crippen molar-refractivity contribution in [2.24, 2.45) is 23.7 Å². The molecule has 2 atom stereocenters. The van der Waals surface area contributed by atoms with E-state index in [1.54, 1.807) is 0 Å². The summed E-state index contributed by atoms with van der Waals surface area (Å²) in [6.45, 7) is 19.8. The fourth-order valence-corrected chi connectivity index (χ4v) is 6.01. The van der Waals surface area contributed by atoms with E-state index in [0.29, 0.717) is 38.3 Å². The summed E-state index contributed by atoms with van der Waals surface area (Å²) >= 11 is 20.7. The number of unbranched alkanes of at least 4 members (excludes halogenated alkanes) is 4. The van der Waals surface area contributed by atoms with E-state index in [4.69, 9.17) is 66.2 Å². The van der Waals surface area contributed by atoms with Crippen molar-refractivity contribution in [2.75, 3.05) is 26.4 Å². The summed E-state index contributed by atoms with van der Waals surface area (Å²) in [5.41, 5.74) is -4.79. The molecule has 0 radical (unpaired) electrons. The van der Waals surface area contributed by atoms with E-state index in [0.717, 1.165) is 24.7 Å². The fourth-order valence-electron chi connectivity index (χ4n) is 2.57. The molecule has 2 unspecified atom stereocenters. The van der Waals surface area contributed by atoms with Crippen LogP contribution in [0.1, 0.15) is 107 Å². The van der Waals surface area contributed by atoms with Crippen molar-refractivity contribution in [3.05, 3.63) is 0 Å². The SMILES string of the molecule is CC(C)CCCCCOP(=S)([S-])OCC(C)C.CC(C)CCCCCOP(=S)([S-])OCC(C)C.[Zn+2]. The maximum atomic E-state index is 5.51. The molecule has 0 aliphatic carbocycles. The van der Waals surface area contributed by atoms with Gasteiger partial charge in [-0.2, -0.15) is 0 Å². The third-order valence-corrected chi connectivity index (χ3v) is 8.94. The molecule has 0 heterocycles. The first-order chi connectivity index (χ1) is 15.7. The zero-order chi connectivity index (χ0) is 26.6. The van der Waals surface area contributed by atoms with Gasteiger partial charge in [0.05, 0.1) is 37.8 Å². The summed E-state index contributed by atoms with van der Waals surface area (Å²) in [6.07, 6.45) is 9.53. The van der Waals surface area contributed by atoms with E-state index < -0.39 is 11.4 Å². The molecule has 0 aromatic rings. The molecule has 0 saturated carbocycles. The van der Waals surface area contributed by atoms with Gasteiger partial charge in [0, 0.05) is 0 Å². The number of hydrogen-bond acceptors (Lipinski definition) is 8. The van der Waals surface area contributed by atoms with E-state index in [9.17, 15) is 0 Å². The third kappa shape index (κ3) is 36.5. The molecule has 0 saturated heterocycles. The maximum Gasteiger partial charge on any atom is 2.00 e. The first kappa shape index (κ1) is 41.9. The minimum absolute atomic E-state index is 0. The van der Waals surface area contributed by atoms with Gasteiger partial charge in [-0.3, -0.25) is 0 Å². The van der Waals surface area contributed by atoms with Crippen LogP contribution >= 0.6 is 11.4 Å².